The molecule has 1 amide bonds. The highest BCUT2D eigenvalue weighted by molar-refractivity contribution is 5.91. The first kappa shape index (κ1) is 13.2. The molecule has 2 aromatic rings. The molecule has 0 fully saturated rings. The van der Waals surface area contributed by atoms with Gasteiger partial charge in [0.25, 0.3) is 5.91 Å². The van der Waals surface area contributed by atoms with Crippen molar-refractivity contribution in [1.29, 1.82) is 0 Å². The molecule has 0 saturated heterocycles. The number of benzene rings is 1. The summed E-state index contributed by atoms with van der Waals surface area (Å²) in [5.74, 6) is -0.687. The van der Waals surface area contributed by atoms with Crippen molar-refractivity contribution in [3.63, 3.8) is 0 Å². The first-order chi connectivity index (χ1) is 9.19. The first-order valence-electron chi connectivity index (χ1n) is 5.82. The lowest BCUT2D eigenvalue weighted by Crippen LogP contribution is -2.23. The normalized spacial score (nSPS) is 10.4. The highest BCUT2D eigenvalue weighted by Crippen LogP contribution is 2.03. The topological polar surface area (TPSA) is 85.8 Å². The van der Waals surface area contributed by atoms with Crippen LogP contribution >= 0.6 is 0 Å². The molecule has 7 heteroatoms. The van der Waals surface area contributed by atoms with Crippen LogP contribution in [0.4, 0.5) is 4.39 Å². The van der Waals surface area contributed by atoms with Gasteiger partial charge in [0, 0.05) is 13.1 Å². The summed E-state index contributed by atoms with van der Waals surface area (Å²) in [5.41, 5.74) is 6.27. The molecule has 0 aliphatic heterocycles. The summed E-state index contributed by atoms with van der Waals surface area (Å²) < 4.78 is 14.4. The molecular formula is C12H14FN5O. The van der Waals surface area contributed by atoms with E-state index >= 15 is 0 Å². The Balaban J connectivity index is 1.93. The Bertz CT molecular complexity index is 569. The number of carbonyl (C=O) groups excluding carboxylic acids is 1. The van der Waals surface area contributed by atoms with Gasteiger partial charge in [0.15, 0.2) is 5.69 Å². The smallest absolute Gasteiger partial charge is 0.273 e. The summed E-state index contributed by atoms with van der Waals surface area (Å²) in [4.78, 5) is 11.8. The zero-order valence-corrected chi connectivity index (χ0v) is 10.2. The number of hydrogen-bond acceptors (Lipinski definition) is 4. The lowest BCUT2D eigenvalue weighted by atomic mass is 10.2. The van der Waals surface area contributed by atoms with Crippen LogP contribution in [0.25, 0.3) is 0 Å². The van der Waals surface area contributed by atoms with Crippen LogP contribution in [0.5, 0.6) is 0 Å². The number of hydrogen-bond donors (Lipinski definition) is 2. The second-order valence-electron chi connectivity index (χ2n) is 3.97. The van der Waals surface area contributed by atoms with E-state index in [1.54, 1.807) is 12.1 Å². The molecule has 0 unspecified atom stereocenters. The van der Waals surface area contributed by atoms with Crippen molar-refractivity contribution in [2.75, 3.05) is 6.54 Å². The van der Waals surface area contributed by atoms with Crippen LogP contribution in [-0.2, 0) is 13.1 Å². The molecular weight excluding hydrogens is 249 g/mol. The Kier molecular flexibility index (Phi) is 4.19. The van der Waals surface area contributed by atoms with Crippen LogP contribution in [0.3, 0.4) is 0 Å². The minimum atomic E-state index is -0.354. The van der Waals surface area contributed by atoms with Gasteiger partial charge in [-0.3, -0.25) is 9.48 Å². The maximum Gasteiger partial charge on any atom is 0.273 e. The fraction of sp³-hybridized carbons (Fsp3) is 0.250. The lowest BCUT2D eigenvalue weighted by molar-refractivity contribution is 0.0945. The van der Waals surface area contributed by atoms with Gasteiger partial charge in [0.1, 0.15) is 5.82 Å². The molecule has 0 bridgehead atoms. The SMILES string of the molecule is NCCn1cc(C(=O)NCc2cccc(F)c2)nn1. The molecule has 6 nitrogen and oxygen atoms in total. The van der Waals surface area contributed by atoms with Gasteiger partial charge in [-0.05, 0) is 17.7 Å². The van der Waals surface area contributed by atoms with E-state index in [1.165, 1.54) is 23.0 Å². The van der Waals surface area contributed by atoms with Gasteiger partial charge in [0.05, 0.1) is 12.7 Å². The van der Waals surface area contributed by atoms with E-state index in [2.05, 4.69) is 15.6 Å². The number of nitrogens with zero attached hydrogens (tertiary/aromatic N) is 3. The van der Waals surface area contributed by atoms with Gasteiger partial charge in [-0.25, -0.2) is 4.39 Å². The molecule has 0 atom stereocenters. The Morgan fingerprint density at radius 3 is 3.05 bits per heavy atom. The molecule has 100 valence electrons. The third kappa shape index (κ3) is 3.59. The van der Waals surface area contributed by atoms with Gasteiger partial charge in [-0.15, -0.1) is 5.10 Å². The Morgan fingerprint density at radius 2 is 2.32 bits per heavy atom. The van der Waals surface area contributed by atoms with E-state index in [1.807, 2.05) is 0 Å². The highest BCUT2D eigenvalue weighted by Gasteiger charge is 2.10. The Morgan fingerprint density at radius 1 is 1.47 bits per heavy atom. The van der Waals surface area contributed by atoms with Crippen molar-refractivity contribution in [3.05, 3.63) is 47.5 Å². The Labute approximate surface area is 109 Å². The van der Waals surface area contributed by atoms with Crippen molar-refractivity contribution in [3.8, 4) is 0 Å². The third-order valence-electron chi connectivity index (χ3n) is 2.47. The second kappa shape index (κ2) is 6.05. The Hall–Kier alpha value is -2.28. The third-order valence-corrected chi connectivity index (χ3v) is 2.47. The summed E-state index contributed by atoms with van der Waals surface area (Å²) in [6.07, 6.45) is 1.52. The van der Waals surface area contributed by atoms with E-state index in [9.17, 15) is 9.18 Å². The largest absolute Gasteiger partial charge is 0.347 e. The maximum absolute atomic E-state index is 13.0. The molecule has 1 heterocycles. The standard InChI is InChI=1S/C12H14FN5O/c13-10-3-1-2-9(6-10)7-15-12(19)11-8-18(5-4-14)17-16-11/h1-3,6,8H,4-5,7,14H2,(H,15,19). The van der Waals surface area contributed by atoms with Crippen LogP contribution < -0.4 is 11.1 Å². The minimum Gasteiger partial charge on any atom is -0.347 e. The zero-order valence-electron chi connectivity index (χ0n) is 10.2. The monoisotopic (exact) mass is 263 g/mol. The number of nitrogens with two attached hydrogens (primary N) is 1. The highest BCUT2D eigenvalue weighted by atomic mass is 19.1. The molecule has 1 aromatic heterocycles. The second-order valence-corrected chi connectivity index (χ2v) is 3.97. The van der Waals surface area contributed by atoms with Crippen LogP contribution in [0.1, 0.15) is 16.1 Å². The predicted octanol–water partition coefficient (Wildman–Crippen LogP) is 0.306. The quantitative estimate of drug-likeness (QED) is 0.812. The van der Waals surface area contributed by atoms with Crippen LogP contribution in [0.15, 0.2) is 30.5 Å². The predicted molar refractivity (Wildman–Crippen MR) is 66.6 cm³/mol. The molecule has 0 aliphatic rings. The number of rotatable bonds is 5. The number of amides is 1. The molecule has 0 saturated carbocycles. The van der Waals surface area contributed by atoms with Crippen molar-refractivity contribution in [1.82, 2.24) is 20.3 Å². The molecule has 0 radical (unpaired) electrons. The summed E-state index contributed by atoms with van der Waals surface area (Å²) >= 11 is 0. The summed E-state index contributed by atoms with van der Waals surface area (Å²) in [6, 6.07) is 6.04. The first-order valence-corrected chi connectivity index (χ1v) is 5.82. The van der Waals surface area contributed by atoms with Crippen LogP contribution in [0, 0.1) is 5.82 Å². The van der Waals surface area contributed by atoms with E-state index in [4.69, 9.17) is 5.73 Å². The fourth-order valence-corrected chi connectivity index (χ4v) is 1.56. The molecule has 19 heavy (non-hydrogen) atoms. The van der Waals surface area contributed by atoms with Crippen LogP contribution in [0.2, 0.25) is 0 Å². The number of aromatic nitrogens is 3. The van der Waals surface area contributed by atoms with E-state index in [0.717, 1.165) is 0 Å². The molecule has 0 aliphatic carbocycles. The van der Waals surface area contributed by atoms with Gasteiger partial charge in [-0.1, -0.05) is 17.3 Å². The van der Waals surface area contributed by atoms with E-state index < -0.39 is 0 Å². The molecule has 3 N–H and O–H groups in total. The van der Waals surface area contributed by atoms with Gasteiger partial charge < -0.3 is 11.1 Å². The van der Waals surface area contributed by atoms with E-state index in [-0.39, 0.29) is 24.0 Å². The number of nitrogens with one attached hydrogen (secondary N) is 1. The maximum atomic E-state index is 13.0. The summed E-state index contributed by atoms with van der Waals surface area (Å²) in [7, 11) is 0. The molecule has 0 spiro atoms. The lowest BCUT2D eigenvalue weighted by Gasteiger charge is -2.03. The van der Waals surface area contributed by atoms with Crippen molar-refractivity contribution in [2.45, 2.75) is 13.1 Å². The average Bonchev–Trinajstić information content (AvgIpc) is 2.85. The average molecular weight is 263 g/mol. The molecule has 1 aromatic carbocycles. The molecule has 2 rings (SSSR count). The van der Waals surface area contributed by atoms with Gasteiger partial charge in [0.2, 0.25) is 0 Å². The van der Waals surface area contributed by atoms with Crippen molar-refractivity contribution < 1.29 is 9.18 Å². The van der Waals surface area contributed by atoms with Crippen LogP contribution in [-0.4, -0.2) is 27.4 Å². The number of carbonyl (C=O) groups is 1. The van der Waals surface area contributed by atoms with Crippen molar-refractivity contribution in [2.24, 2.45) is 5.73 Å². The zero-order chi connectivity index (χ0) is 13.7. The minimum absolute atomic E-state index is 0.213. The number of halogens is 1. The van der Waals surface area contributed by atoms with Crippen molar-refractivity contribution >= 4 is 5.91 Å². The van der Waals surface area contributed by atoms with Gasteiger partial charge >= 0.3 is 0 Å². The summed E-state index contributed by atoms with van der Waals surface area (Å²) in [6.45, 7) is 1.16. The van der Waals surface area contributed by atoms with E-state index in [0.29, 0.717) is 18.7 Å². The van der Waals surface area contributed by atoms with Gasteiger partial charge in [-0.2, -0.15) is 0 Å². The fourth-order valence-electron chi connectivity index (χ4n) is 1.56. The summed E-state index contributed by atoms with van der Waals surface area (Å²) in [5, 5.41) is 10.1.